The number of ether oxygens (including phenoxy) is 2. The number of carbonyl (C=O) groups is 2. The summed E-state index contributed by atoms with van der Waals surface area (Å²) in [4.78, 5) is 26.5. The Balaban J connectivity index is 2.55. The maximum Gasteiger partial charge on any atom is 0.336 e. The minimum atomic E-state index is -0.631. The average molecular weight is 350 g/mol. The lowest BCUT2D eigenvalue weighted by atomic mass is 9.83. The van der Waals surface area contributed by atoms with E-state index < -0.39 is 17.9 Å². The van der Waals surface area contributed by atoms with Gasteiger partial charge in [-0.3, -0.25) is 0 Å². The number of carbonyl (C=O) groups excluding carboxylic acids is 2. The van der Waals surface area contributed by atoms with Crippen molar-refractivity contribution in [2.75, 3.05) is 20.3 Å². The molecule has 0 aromatic heterocycles. The molecule has 5 nitrogen and oxygen atoms in total. The monoisotopic (exact) mass is 349 g/mol. The molecule has 24 heavy (non-hydrogen) atoms. The van der Waals surface area contributed by atoms with Crippen molar-refractivity contribution in [1.29, 1.82) is 0 Å². The first-order valence-electron chi connectivity index (χ1n) is 7.73. The Hall–Kier alpha value is -2.27. The van der Waals surface area contributed by atoms with E-state index in [1.54, 1.807) is 56.4 Å². The van der Waals surface area contributed by atoms with Crippen LogP contribution in [0.3, 0.4) is 0 Å². The number of rotatable bonds is 5. The van der Waals surface area contributed by atoms with E-state index in [-0.39, 0.29) is 13.2 Å². The van der Waals surface area contributed by atoms with Crippen molar-refractivity contribution in [2.24, 2.45) is 0 Å². The molecule has 0 N–H and O–H groups in total. The van der Waals surface area contributed by atoms with Crippen LogP contribution in [0.4, 0.5) is 0 Å². The van der Waals surface area contributed by atoms with Crippen molar-refractivity contribution >= 4 is 23.5 Å². The summed E-state index contributed by atoms with van der Waals surface area (Å²) in [5.41, 5.74) is 1.35. The second-order valence-electron chi connectivity index (χ2n) is 5.23. The lowest BCUT2D eigenvalue weighted by molar-refractivity contribution is -0.139. The van der Waals surface area contributed by atoms with Crippen LogP contribution in [-0.4, -0.2) is 37.1 Å². The molecule has 2 rings (SSSR count). The fraction of sp³-hybridized carbons (Fsp3) is 0.333. The Labute approximate surface area is 146 Å². The van der Waals surface area contributed by atoms with E-state index in [9.17, 15) is 9.59 Å². The molecule has 128 valence electrons. The molecule has 1 aliphatic rings. The zero-order valence-corrected chi connectivity index (χ0v) is 14.7. The van der Waals surface area contributed by atoms with Gasteiger partial charge in [-0.25, -0.2) is 9.59 Å². The zero-order chi connectivity index (χ0) is 17.7. The highest BCUT2D eigenvalue weighted by atomic mass is 35.5. The molecule has 0 amide bonds. The van der Waals surface area contributed by atoms with Crippen LogP contribution in [0.25, 0.3) is 0 Å². The normalized spacial score (nSPS) is 14.8. The third-order valence-corrected chi connectivity index (χ3v) is 3.89. The number of halogens is 1. The summed E-state index contributed by atoms with van der Waals surface area (Å²) in [5, 5.41) is 0.470. The lowest BCUT2D eigenvalue weighted by Gasteiger charge is -2.28. The molecule has 0 radical (unpaired) electrons. The summed E-state index contributed by atoms with van der Waals surface area (Å²) in [5.74, 6) is -1.60. The first kappa shape index (κ1) is 18.1. The molecule has 6 heteroatoms. The van der Waals surface area contributed by atoms with E-state index >= 15 is 0 Å². The van der Waals surface area contributed by atoms with Gasteiger partial charge in [0.05, 0.1) is 30.3 Å². The number of esters is 2. The van der Waals surface area contributed by atoms with Gasteiger partial charge in [-0.1, -0.05) is 29.8 Å². The Morgan fingerprint density at radius 2 is 1.54 bits per heavy atom. The molecular weight excluding hydrogens is 330 g/mol. The zero-order valence-electron chi connectivity index (χ0n) is 13.9. The fourth-order valence-corrected chi connectivity index (χ4v) is 2.85. The molecule has 0 unspecified atom stereocenters. The summed E-state index contributed by atoms with van der Waals surface area (Å²) >= 11 is 6.32. The van der Waals surface area contributed by atoms with E-state index in [0.29, 0.717) is 21.7 Å². The molecule has 1 aromatic carbocycles. The van der Waals surface area contributed by atoms with Crippen LogP contribution in [0.5, 0.6) is 0 Å². The maximum absolute atomic E-state index is 12.4. The predicted octanol–water partition coefficient (Wildman–Crippen LogP) is 3.26. The van der Waals surface area contributed by atoms with Crippen molar-refractivity contribution in [1.82, 2.24) is 4.90 Å². The van der Waals surface area contributed by atoms with Gasteiger partial charge in [-0.2, -0.15) is 0 Å². The quantitative estimate of drug-likeness (QED) is 0.764. The van der Waals surface area contributed by atoms with Crippen molar-refractivity contribution in [2.45, 2.75) is 19.8 Å². The summed E-state index contributed by atoms with van der Waals surface area (Å²) in [6.45, 7) is 3.95. The summed E-state index contributed by atoms with van der Waals surface area (Å²) in [6, 6.07) is 7.12. The largest absolute Gasteiger partial charge is 0.463 e. The Kier molecular flexibility index (Phi) is 6.04. The minimum Gasteiger partial charge on any atom is -0.463 e. The molecule has 0 saturated heterocycles. The highest BCUT2D eigenvalue weighted by Crippen LogP contribution is 2.39. The van der Waals surface area contributed by atoms with Gasteiger partial charge in [0, 0.05) is 24.5 Å². The number of nitrogens with zero attached hydrogens (tertiary/aromatic N) is 1. The van der Waals surface area contributed by atoms with Crippen LogP contribution in [0.2, 0.25) is 5.02 Å². The van der Waals surface area contributed by atoms with Crippen molar-refractivity contribution in [3.05, 3.63) is 58.4 Å². The summed E-state index contributed by atoms with van der Waals surface area (Å²) in [7, 11) is 1.74. The van der Waals surface area contributed by atoms with Crippen molar-refractivity contribution < 1.29 is 19.1 Å². The number of benzene rings is 1. The Morgan fingerprint density at radius 3 is 2.00 bits per heavy atom. The second-order valence-corrected chi connectivity index (χ2v) is 5.64. The molecule has 0 saturated carbocycles. The number of hydrogen-bond donors (Lipinski definition) is 0. The van der Waals surface area contributed by atoms with Crippen LogP contribution >= 0.6 is 11.6 Å². The van der Waals surface area contributed by atoms with Crippen molar-refractivity contribution in [3.8, 4) is 0 Å². The molecule has 1 heterocycles. The fourth-order valence-electron chi connectivity index (χ4n) is 2.61. The minimum absolute atomic E-state index is 0.244. The maximum atomic E-state index is 12.4. The van der Waals surface area contributed by atoms with Gasteiger partial charge < -0.3 is 14.4 Å². The Bertz CT molecular complexity index is 660. The van der Waals surface area contributed by atoms with Crippen molar-refractivity contribution in [3.63, 3.8) is 0 Å². The van der Waals surface area contributed by atoms with Gasteiger partial charge in [0.2, 0.25) is 0 Å². The first-order chi connectivity index (χ1) is 11.5. The smallest absolute Gasteiger partial charge is 0.336 e. The lowest BCUT2D eigenvalue weighted by Crippen LogP contribution is -2.28. The summed E-state index contributed by atoms with van der Waals surface area (Å²) in [6.07, 6.45) is 3.30. The number of hydrogen-bond acceptors (Lipinski definition) is 5. The highest BCUT2D eigenvalue weighted by Gasteiger charge is 2.35. The SMILES string of the molecule is CCOC(=O)C1=CN(C)C=C(C(=O)OCC)C1c1ccccc1Cl. The van der Waals surface area contributed by atoms with E-state index in [2.05, 4.69) is 0 Å². The highest BCUT2D eigenvalue weighted by molar-refractivity contribution is 6.31. The molecular formula is C18H20ClNO4. The molecule has 0 spiro atoms. The predicted molar refractivity (Wildman–Crippen MR) is 91.4 cm³/mol. The molecule has 0 bridgehead atoms. The van der Waals surface area contributed by atoms with E-state index in [4.69, 9.17) is 21.1 Å². The van der Waals surface area contributed by atoms with Crippen LogP contribution in [0, 0.1) is 0 Å². The van der Waals surface area contributed by atoms with Crippen LogP contribution in [-0.2, 0) is 19.1 Å². The first-order valence-corrected chi connectivity index (χ1v) is 8.11. The molecule has 1 aliphatic heterocycles. The van der Waals surface area contributed by atoms with Gasteiger partial charge in [-0.15, -0.1) is 0 Å². The second kappa shape index (κ2) is 8.02. The Morgan fingerprint density at radius 1 is 1.04 bits per heavy atom. The van der Waals surface area contributed by atoms with E-state index in [1.807, 2.05) is 6.07 Å². The third-order valence-electron chi connectivity index (χ3n) is 3.55. The van der Waals surface area contributed by atoms with Gasteiger partial charge in [-0.05, 0) is 25.5 Å². The standard InChI is InChI=1S/C18H20ClNO4/c1-4-23-17(21)13-10-20(3)11-14(18(22)24-5-2)16(13)12-8-6-7-9-15(12)19/h6-11,16H,4-5H2,1-3H3. The molecule has 0 atom stereocenters. The van der Waals surface area contributed by atoms with Crippen LogP contribution < -0.4 is 0 Å². The van der Waals surface area contributed by atoms with Gasteiger partial charge >= 0.3 is 11.9 Å². The van der Waals surface area contributed by atoms with Crippen LogP contribution in [0.15, 0.2) is 47.8 Å². The molecule has 0 fully saturated rings. The van der Waals surface area contributed by atoms with E-state index in [0.717, 1.165) is 0 Å². The van der Waals surface area contributed by atoms with Gasteiger partial charge in [0.15, 0.2) is 0 Å². The topological polar surface area (TPSA) is 55.8 Å². The van der Waals surface area contributed by atoms with E-state index in [1.165, 1.54) is 0 Å². The summed E-state index contributed by atoms with van der Waals surface area (Å²) < 4.78 is 10.3. The third kappa shape index (κ3) is 3.79. The molecule has 0 aliphatic carbocycles. The van der Waals surface area contributed by atoms with Crippen LogP contribution in [0.1, 0.15) is 25.3 Å². The van der Waals surface area contributed by atoms with Gasteiger partial charge in [0.1, 0.15) is 0 Å². The average Bonchev–Trinajstić information content (AvgIpc) is 2.55. The van der Waals surface area contributed by atoms with Gasteiger partial charge in [0.25, 0.3) is 0 Å². The molecule has 1 aromatic rings.